The van der Waals surface area contributed by atoms with Gasteiger partial charge in [0.1, 0.15) is 18.5 Å². The molecule has 4 aromatic rings. The Hall–Kier alpha value is -3.30. The van der Waals surface area contributed by atoms with Crippen molar-refractivity contribution < 1.29 is 14.6 Å². The zero-order valence-electron chi connectivity index (χ0n) is 20.8. The minimum atomic E-state index is -0.597. The van der Waals surface area contributed by atoms with Crippen LogP contribution in [0.1, 0.15) is 16.1 Å². The molecule has 1 aliphatic heterocycles. The van der Waals surface area contributed by atoms with Crippen molar-refractivity contribution in [1.29, 1.82) is 0 Å². The van der Waals surface area contributed by atoms with Gasteiger partial charge in [-0.2, -0.15) is 0 Å². The van der Waals surface area contributed by atoms with Gasteiger partial charge in [0, 0.05) is 38.8 Å². The number of nitrogens with zero attached hydrogens (tertiary/aromatic N) is 4. The van der Waals surface area contributed by atoms with E-state index in [0.717, 1.165) is 52.6 Å². The predicted octanol–water partition coefficient (Wildman–Crippen LogP) is 4.11. The van der Waals surface area contributed by atoms with Gasteiger partial charge < -0.3 is 9.84 Å². The number of aryl methyl sites for hydroxylation is 1. The molecular weight excluding hydrogens is 484 g/mol. The minimum Gasteiger partial charge on any atom is -0.491 e. The number of carbonyl (C=O) groups excluding carboxylic acids is 1. The smallest absolute Gasteiger partial charge is 0.228 e. The molecule has 3 aromatic carbocycles. The van der Waals surface area contributed by atoms with E-state index >= 15 is 0 Å². The summed E-state index contributed by atoms with van der Waals surface area (Å²) in [5, 5.41) is 15.4. The second-order valence-corrected chi connectivity index (χ2v) is 10.9. The Labute approximate surface area is 220 Å². The normalized spacial score (nSPS) is 16.4. The quantitative estimate of drug-likeness (QED) is 0.314. The number of β-amino-alcohol motifs (C(OH)–C–C–N with tert-alkyl or cyclic N) is 1. The van der Waals surface area contributed by atoms with Gasteiger partial charge in [-0.15, -0.1) is 11.3 Å². The highest BCUT2D eigenvalue weighted by atomic mass is 32.1. The predicted molar refractivity (Wildman–Crippen MR) is 147 cm³/mol. The first kappa shape index (κ1) is 24.1. The van der Waals surface area contributed by atoms with Crippen molar-refractivity contribution in [1.82, 2.24) is 14.9 Å². The highest BCUT2D eigenvalue weighted by molar-refractivity contribution is 7.18. The van der Waals surface area contributed by atoms with E-state index in [0.29, 0.717) is 19.6 Å². The van der Waals surface area contributed by atoms with Crippen LogP contribution >= 0.6 is 11.3 Å². The van der Waals surface area contributed by atoms with Gasteiger partial charge in [0.25, 0.3) is 0 Å². The van der Waals surface area contributed by atoms with Crippen LogP contribution in [0, 0.1) is 6.92 Å². The highest BCUT2D eigenvalue weighted by Crippen LogP contribution is 2.38. The first-order valence-electron chi connectivity index (χ1n) is 12.7. The molecule has 0 saturated carbocycles. The van der Waals surface area contributed by atoms with E-state index in [4.69, 9.17) is 4.74 Å². The van der Waals surface area contributed by atoms with E-state index in [-0.39, 0.29) is 6.61 Å². The number of anilines is 1. The monoisotopic (exact) mass is 514 g/mol. The molecule has 1 atom stereocenters. The number of aliphatic hydroxyl groups excluding tert-OH is 1. The fourth-order valence-corrected chi connectivity index (χ4v) is 6.16. The van der Waals surface area contributed by atoms with E-state index in [1.54, 1.807) is 16.3 Å². The van der Waals surface area contributed by atoms with Crippen LogP contribution in [0.4, 0.5) is 5.69 Å². The lowest BCUT2D eigenvalue weighted by molar-refractivity contribution is -0.110. The summed E-state index contributed by atoms with van der Waals surface area (Å²) in [7, 11) is 0. The van der Waals surface area contributed by atoms with Gasteiger partial charge >= 0.3 is 0 Å². The first-order chi connectivity index (χ1) is 18.1. The molecule has 8 heteroatoms. The van der Waals surface area contributed by atoms with Gasteiger partial charge in [-0.05, 0) is 59.9 Å². The number of carbonyl (C=O) groups is 1. The lowest BCUT2D eigenvalue weighted by atomic mass is 10.1. The summed E-state index contributed by atoms with van der Waals surface area (Å²) in [5.74, 6) is 0.723. The highest BCUT2D eigenvalue weighted by Gasteiger charge is 2.25. The third kappa shape index (κ3) is 4.98. The largest absolute Gasteiger partial charge is 0.491 e. The van der Waals surface area contributed by atoms with Crippen molar-refractivity contribution in [3.05, 3.63) is 76.8 Å². The summed E-state index contributed by atoms with van der Waals surface area (Å²) in [6, 6.07) is 20.7. The van der Waals surface area contributed by atoms with E-state index < -0.39 is 6.10 Å². The van der Waals surface area contributed by atoms with Crippen molar-refractivity contribution in [2.45, 2.75) is 19.4 Å². The van der Waals surface area contributed by atoms with Crippen molar-refractivity contribution in [2.24, 2.45) is 0 Å². The number of amides is 1. The van der Waals surface area contributed by atoms with Crippen molar-refractivity contribution in [3.8, 4) is 16.9 Å². The number of aromatic nitrogens is 1. The molecule has 190 valence electrons. The van der Waals surface area contributed by atoms with Gasteiger partial charge in [-0.25, -0.2) is 15.0 Å². The lowest BCUT2D eigenvalue weighted by Gasteiger charge is -2.39. The SMILES string of the molecule is Cc1nc2cc(OC[C@H](O)CN3CCN(N(C=O)c4ccc5c(c4)Cc4ccccc4-5)CC3)ccc2s1. The molecule has 0 spiro atoms. The van der Waals surface area contributed by atoms with Gasteiger partial charge in [0.05, 0.1) is 20.9 Å². The Morgan fingerprint density at radius 1 is 1.05 bits per heavy atom. The standard InChI is InChI=1S/C29H30N4O3S/c1-20-30-28-16-25(7-9-29(28)37-20)36-18-24(35)17-31-10-12-32(13-11-31)33(19-34)23-6-8-27-22(15-23)14-21-4-2-3-5-26(21)27/h2-9,15-16,19,24,35H,10-14,17-18H2,1H3/t24-/m1/s1. The van der Waals surface area contributed by atoms with Crippen molar-refractivity contribution in [3.63, 3.8) is 0 Å². The molecule has 1 aliphatic carbocycles. The Morgan fingerprint density at radius 2 is 1.86 bits per heavy atom. The number of hydrazine groups is 1. The zero-order chi connectivity index (χ0) is 25.4. The Morgan fingerprint density at radius 3 is 2.70 bits per heavy atom. The van der Waals surface area contributed by atoms with E-state index in [2.05, 4.69) is 51.3 Å². The van der Waals surface area contributed by atoms with Crippen LogP contribution in [0.25, 0.3) is 21.3 Å². The first-order valence-corrected chi connectivity index (χ1v) is 13.5. The minimum absolute atomic E-state index is 0.229. The zero-order valence-corrected chi connectivity index (χ0v) is 21.7. The maximum atomic E-state index is 12.1. The Kier molecular flexibility index (Phi) is 6.65. The number of hydrogen-bond acceptors (Lipinski definition) is 7. The Bertz CT molecular complexity index is 1430. The van der Waals surface area contributed by atoms with Crippen LogP contribution in [0.5, 0.6) is 5.75 Å². The Balaban J connectivity index is 1.02. The molecule has 1 aromatic heterocycles. The molecule has 1 fully saturated rings. The second-order valence-electron chi connectivity index (χ2n) is 9.71. The summed E-state index contributed by atoms with van der Waals surface area (Å²) in [6.07, 6.45) is 1.21. The van der Waals surface area contributed by atoms with Gasteiger partial charge in [0.2, 0.25) is 6.41 Å². The maximum absolute atomic E-state index is 12.1. The van der Waals surface area contributed by atoms with E-state index in [9.17, 15) is 9.90 Å². The number of piperazine rings is 1. The van der Waals surface area contributed by atoms with Crippen LogP contribution in [0.15, 0.2) is 60.7 Å². The number of rotatable bonds is 8. The molecule has 2 heterocycles. The molecule has 0 radical (unpaired) electrons. The average Bonchev–Trinajstić information content (AvgIpc) is 3.47. The van der Waals surface area contributed by atoms with Crippen LogP contribution in [0.2, 0.25) is 0 Å². The van der Waals surface area contributed by atoms with Crippen molar-refractivity contribution >= 4 is 33.7 Å². The molecule has 1 saturated heterocycles. The molecule has 0 unspecified atom stereocenters. The molecule has 1 amide bonds. The fourth-order valence-electron chi connectivity index (χ4n) is 5.36. The van der Waals surface area contributed by atoms with Crippen LogP contribution in [0.3, 0.4) is 0 Å². The van der Waals surface area contributed by atoms with E-state index in [1.807, 2.05) is 31.2 Å². The van der Waals surface area contributed by atoms with Gasteiger partial charge in [0.15, 0.2) is 0 Å². The summed E-state index contributed by atoms with van der Waals surface area (Å²) in [4.78, 5) is 18.8. The van der Waals surface area contributed by atoms with Crippen molar-refractivity contribution in [2.75, 3.05) is 44.3 Å². The molecule has 2 aliphatic rings. The van der Waals surface area contributed by atoms with Gasteiger partial charge in [-0.1, -0.05) is 30.3 Å². The summed E-state index contributed by atoms with van der Waals surface area (Å²) in [5.41, 5.74) is 6.97. The molecule has 0 bridgehead atoms. The van der Waals surface area contributed by atoms with E-state index in [1.165, 1.54) is 22.3 Å². The van der Waals surface area contributed by atoms with Crippen LogP contribution in [-0.2, 0) is 11.2 Å². The molecule has 7 nitrogen and oxygen atoms in total. The number of fused-ring (bicyclic) bond motifs is 4. The molecule has 1 N–H and O–H groups in total. The topological polar surface area (TPSA) is 69.1 Å². The van der Waals surface area contributed by atoms with Gasteiger partial charge in [-0.3, -0.25) is 9.69 Å². The number of thiazole rings is 1. The molecular formula is C29H30N4O3S. The van der Waals surface area contributed by atoms with Crippen LogP contribution < -0.4 is 9.75 Å². The average molecular weight is 515 g/mol. The molecule has 6 rings (SSSR count). The summed E-state index contributed by atoms with van der Waals surface area (Å²) >= 11 is 1.66. The fraction of sp³-hybridized carbons (Fsp3) is 0.310. The third-order valence-electron chi connectivity index (χ3n) is 7.17. The maximum Gasteiger partial charge on any atom is 0.228 e. The number of benzene rings is 3. The summed E-state index contributed by atoms with van der Waals surface area (Å²) < 4.78 is 6.98. The number of hydrogen-bond donors (Lipinski definition) is 1. The van der Waals surface area contributed by atoms with Crippen LogP contribution in [-0.4, -0.2) is 71.8 Å². The second kappa shape index (κ2) is 10.2. The number of aliphatic hydroxyl groups is 1. The number of ether oxygens (including phenoxy) is 1. The summed E-state index contributed by atoms with van der Waals surface area (Å²) in [6.45, 7) is 5.71. The lowest BCUT2D eigenvalue weighted by Crippen LogP contribution is -2.55. The third-order valence-corrected chi connectivity index (χ3v) is 8.12. The molecule has 37 heavy (non-hydrogen) atoms.